The maximum Gasteiger partial charge on any atom is 0.192 e. The maximum atomic E-state index is 11.7. The van der Waals surface area contributed by atoms with Crippen molar-refractivity contribution in [2.45, 2.75) is 187 Å². The first-order chi connectivity index (χ1) is 20.7. The molecule has 266 valence electrons. The van der Waals surface area contributed by atoms with Gasteiger partial charge >= 0.3 is 0 Å². The van der Waals surface area contributed by atoms with Crippen molar-refractivity contribution in [3.05, 3.63) is 23.3 Å². The smallest absolute Gasteiger partial charge is 0.192 e. The average Bonchev–Trinajstić information content (AvgIpc) is 3.15. The lowest BCUT2D eigenvalue weighted by Gasteiger charge is -2.59. The molecule has 2 N–H and O–H groups in total. The van der Waals surface area contributed by atoms with Gasteiger partial charge in [-0.15, -0.1) is 0 Å². The third kappa shape index (κ3) is 7.42. The minimum atomic E-state index is -2.05. The van der Waals surface area contributed by atoms with Gasteiger partial charge in [0.15, 0.2) is 16.6 Å². The summed E-state index contributed by atoms with van der Waals surface area (Å²) < 4.78 is 14.7. The zero-order valence-corrected chi connectivity index (χ0v) is 35.3. The van der Waals surface area contributed by atoms with Crippen LogP contribution in [0.1, 0.15) is 121 Å². The quantitative estimate of drug-likeness (QED) is 0.176. The highest BCUT2D eigenvalue weighted by molar-refractivity contribution is 7.99. The Labute approximate surface area is 290 Å². The van der Waals surface area contributed by atoms with Crippen molar-refractivity contribution in [3.63, 3.8) is 0 Å². The van der Waals surface area contributed by atoms with Gasteiger partial charge < -0.3 is 19.1 Å². The molecule has 4 nitrogen and oxygen atoms in total. The van der Waals surface area contributed by atoms with Crippen molar-refractivity contribution in [3.8, 4) is 0 Å². The van der Waals surface area contributed by atoms with Crippen LogP contribution in [0.15, 0.2) is 23.3 Å². The zero-order valence-electron chi connectivity index (χ0n) is 32.5. The molecule has 0 radical (unpaired) electrons. The standard InChI is InChI=1S/C39H72O4SSi2/c1-26(44-22-16-20-37(8,9)41)34-32(40)25-31-29-18-17-27-23-28(42-45(12,13)35(2,3)4)24-33(43-46(14,15)36(5,6)7)39(27,11)30(29)19-21-38(31,34)10/h17-18,26,28,30-34,40-41H,16,19-25H2,1-15H3/t26?,28-,30+,31+,32-,33+,34+,38+,39+/m1/s1. The van der Waals surface area contributed by atoms with Crippen molar-refractivity contribution >= 4 is 28.4 Å². The van der Waals surface area contributed by atoms with Gasteiger partial charge in [-0.3, -0.25) is 0 Å². The van der Waals surface area contributed by atoms with Crippen molar-refractivity contribution in [2.24, 2.45) is 28.6 Å². The van der Waals surface area contributed by atoms with Crippen LogP contribution in [-0.2, 0) is 8.85 Å². The summed E-state index contributed by atoms with van der Waals surface area (Å²) in [5.74, 6) is 2.19. The van der Waals surface area contributed by atoms with E-state index in [1.807, 2.05) is 25.6 Å². The Balaban J connectivity index is 1.65. The molecule has 7 heteroatoms. The fourth-order valence-corrected chi connectivity index (χ4v) is 13.3. The number of hydrogen-bond donors (Lipinski definition) is 2. The van der Waals surface area contributed by atoms with E-state index in [4.69, 9.17) is 8.85 Å². The lowest BCUT2D eigenvalue weighted by molar-refractivity contribution is -0.0438. The first kappa shape index (κ1) is 38.9. The summed E-state index contributed by atoms with van der Waals surface area (Å²) in [6, 6.07) is 0. The summed E-state index contributed by atoms with van der Waals surface area (Å²) in [7, 11) is -3.99. The molecule has 0 aromatic carbocycles. The summed E-state index contributed by atoms with van der Waals surface area (Å²) in [4.78, 5) is 0. The van der Waals surface area contributed by atoms with Gasteiger partial charge in [0.25, 0.3) is 0 Å². The summed E-state index contributed by atoms with van der Waals surface area (Å²) in [6.45, 7) is 35.0. The van der Waals surface area contributed by atoms with Crippen LogP contribution in [-0.4, -0.2) is 61.8 Å². The Kier molecular flexibility index (Phi) is 11.0. The van der Waals surface area contributed by atoms with Crippen LogP contribution in [0, 0.1) is 28.6 Å². The molecule has 1 unspecified atom stereocenters. The zero-order chi connectivity index (χ0) is 34.9. The van der Waals surface area contributed by atoms with Crippen molar-refractivity contribution in [1.82, 2.24) is 0 Å². The van der Waals surface area contributed by atoms with Gasteiger partial charge in [-0.25, -0.2) is 0 Å². The molecule has 9 atom stereocenters. The van der Waals surface area contributed by atoms with Crippen LogP contribution in [0.4, 0.5) is 0 Å². The molecule has 4 rings (SSSR count). The van der Waals surface area contributed by atoms with Gasteiger partial charge in [0.05, 0.1) is 23.9 Å². The normalized spacial score (nSPS) is 36.4. The van der Waals surface area contributed by atoms with Crippen LogP contribution in [0.5, 0.6) is 0 Å². The second-order valence-electron chi connectivity index (χ2n) is 19.9. The second-order valence-corrected chi connectivity index (χ2v) is 30.9. The second kappa shape index (κ2) is 13.0. The maximum absolute atomic E-state index is 11.7. The molecule has 0 spiro atoms. The Morgan fingerprint density at radius 2 is 1.50 bits per heavy atom. The number of hydrogen-bond acceptors (Lipinski definition) is 5. The molecule has 0 aromatic rings. The molecular formula is C39H72O4SSi2. The predicted octanol–water partition coefficient (Wildman–Crippen LogP) is 10.5. The van der Waals surface area contributed by atoms with Gasteiger partial charge in [0, 0.05) is 16.6 Å². The Bertz CT molecular complexity index is 1160. The van der Waals surface area contributed by atoms with E-state index in [0.29, 0.717) is 17.1 Å². The lowest BCUT2D eigenvalue weighted by atomic mass is 9.49. The largest absolute Gasteiger partial charge is 0.414 e. The molecule has 0 saturated heterocycles. The lowest BCUT2D eigenvalue weighted by Crippen LogP contribution is -2.58. The van der Waals surface area contributed by atoms with E-state index < -0.39 is 22.2 Å². The van der Waals surface area contributed by atoms with Crippen LogP contribution in [0.3, 0.4) is 0 Å². The molecule has 4 aliphatic carbocycles. The number of allylic oxidation sites excluding steroid dienone is 3. The summed E-state index contributed by atoms with van der Waals surface area (Å²) in [5, 5.41) is 22.6. The highest BCUT2D eigenvalue weighted by atomic mass is 32.2. The number of aliphatic hydroxyl groups is 2. The first-order valence-corrected chi connectivity index (χ1v) is 25.4. The van der Waals surface area contributed by atoms with E-state index in [1.54, 1.807) is 5.57 Å². The van der Waals surface area contributed by atoms with Gasteiger partial charge in [0.1, 0.15) is 0 Å². The summed E-state index contributed by atoms with van der Waals surface area (Å²) in [6.07, 6.45) is 12.1. The van der Waals surface area contributed by atoms with Crippen LogP contribution in [0.2, 0.25) is 36.3 Å². The monoisotopic (exact) mass is 692 g/mol. The molecule has 0 bridgehead atoms. The van der Waals surface area contributed by atoms with Gasteiger partial charge in [-0.05, 0) is 118 Å². The number of thioether (sulfide) groups is 1. The third-order valence-electron chi connectivity index (χ3n) is 14.0. The van der Waals surface area contributed by atoms with Gasteiger partial charge in [-0.1, -0.05) is 85.6 Å². The molecule has 4 aliphatic rings. The Morgan fingerprint density at radius 3 is 2.07 bits per heavy atom. The van der Waals surface area contributed by atoms with E-state index in [0.717, 1.165) is 50.7 Å². The summed E-state index contributed by atoms with van der Waals surface area (Å²) >= 11 is 2.01. The molecular weight excluding hydrogens is 621 g/mol. The first-order valence-electron chi connectivity index (χ1n) is 18.5. The molecule has 0 aromatic heterocycles. The minimum absolute atomic E-state index is 0.0469. The van der Waals surface area contributed by atoms with Crippen molar-refractivity contribution in [1.29, 1.82) is 0 Å². The molecule has 46 heavy (non-hydrogen) atoms. The van der Waals surface area contributed by atoms with Crippen molar-refractivity contribution in [2.75, 3.05) is 5.75 Å². The van der Waals surface area contributed by atoms with Gasteiger partial charge in [-0.2, -0.15) is 11.8 Å². The van der Waals surface area contributed by atoms with E-state index >= 15 is 0 Å². The molecule has 3 saturated carbocycles. The minimum Gasteiger partial charge on any atom is -0.414 e. The summed E-state index contributed by atoms with van der Waals surface area (Å²) in [5.41, 5.74) is 2.58. The highest BCUT2D eigenvalue weighted by Gasteiger charge is 2.62. The number of rotatable bonds is 10. The number of fused-ring (bicyclic) bond motifs is 5. The molecule has 0 heterocycles. The van der Waals surface area contributed by atoms with Crippen LogP contribution >= 0.6 is 11.8 Å². The SMILES string of the molecule is CC(SCCCC(C)(C)O)[C@H]1[C@H](O)C[C@H]2C3=CC=C4C[C@@H](O[Si](C)(C)C(C)(C)C)C[C@H](O[Si](C)(C)C(C)(C)C)[C@]4(C)[C@H]3CC[C@@]21C. The fourth-order valence-electron chi connectivity index (χ4n) is 9.17. The fraction of sp³-hybridized carbons (Fsp3) is 0.897. The number of aliphatic hydroxyl groups excluding tert-OH is 1. The van der Waals surface area contributed by atoms with Crippen molar-refractivity contribution < 1.29 is 19.1 Å². The Hall–Kier alpha value is 0.104. The Morgan fingerprint density at radius 1 is 0.913 bits per heavy atom. The van der Waals surface area contributed by atoms with E-state index in [1.165, 1.54) is 5.57 Å². The van der Waals surface area contributed by atoms with Crippen LogP contribution < -0.4 is 0 Å². The van der Waals surface area contributed by atoms with E-state index in [-0.39, 0.29) is 45.1 Å². The van der Waals surface area contributed by atoms with Gasteiger partial charge in [0.2, 0.25) is 0 Å². The van der Waals surface area contributed by atoms with Crippen LogP contribution in [0.25, 0.3) is 0 Å². The average molecular weight is 693 g/mol. The predicted molar refractivity (Wildman–Crippen MR) is 204 cm³/mol. The topological polar surface area (TPSA) is 58.9 Å². The van der Waals surface area contributed by atoms with E-state index in [9.17, 15) is 10.2 Å². The molecule has 3 fully saturated rings. The highest BCUT2D eigenvalue weighted by Crippen LogP contribution is 2.67. The molecule has 0 aliphatic heterocycles. The molecule has 0 amide bonds. The third-order valence-corrected chi connectivity index (χ3v) is 24.4. The van der Waals surface area contributed by atoms with E-state index in [2.05, 4.69) is 101 Å².